The van der Waals surface area contributed by atoms with E-state index in [0.29, 0.717) is 6.04 Å². The van der Waals surface area contributed by atoms with Crippen LogP contribution in [0.4, 0.5) is 0 Å². The Labute approximate surface area is 125 Å². The molecule has 2 aromatic rings. The topological polar surface area (TPSA) is 37.6 Å². The Kier molecular flexibility index (Phi) is 3.70. The fraction of sp³-hybridized carbons (Fsp3) is 0.529. The summed E-state index contributed by atoms with van der Waals surface area (Å²) in [5.41, 5.74) is 3.70. The highest BCUT2D eigenvalue weighted by Gasteiger charge is 2.28. The number of imidazole rings is 1. The molecule has 2 aromatic heterocycles. The minimum atomic E-state index is 0.135. The van der Waals surface area contributed by atoms with Crippen LogP contribution < -0.4 is 0 Å². The summed E-state index contributed by atoms with van der Waals surface area (Å²) in [7, 11) is 0. The smallest absolute Gasteiger partial charge is 0.273 e. The Morgan fingerprint density at radius 2 is 2.24 bits per heavy atom. The summed E-state index contributed by atoms with van der Waals surface area (Å²) in [6.45, 7) is 7.12. The molecule has 4 heteroatoms. The third-order valence-corrected chi connectivity index (χ3v) is 4.46. The van der Waals surface area contributed by atoms with E-state index in [4.69, 9.17) is 0 Å². The number of hydrogen-bond acceptors (Lipinski definition) is 2. The summed E-state index contributed by atoms with van der Waals surface area (Å²) < 4.78 is 1.95. The molecule has 0 aliphatic carbocycles. The average Bonchev–Trinajstić information content (AvgIpc) is 2.84. The van der Waals surface area contributed by atoms with Gasteiger partial charge in [0.15, 0.2) is 0 Å². The number of piperidine rings is 1. The maximum Gasteiger partial charge on any atom is 0.273 e. The molecule has 1 aliphatic rings. The zero-order valence-electron chi connectivity index (χ0n) is 13.1. The van der Waals surface area contributed by atoms with E-state index in [1.165, 1.54) is 12.0 Å². The van der Waals surface area contributed by atoms with Gasteiger partial charge in [-0.3, -0.25) is 9.20 Å². The van der Waals surface area contributed by atoms with E-state index < -0.39 is 0 Å². The Bertz CT molecular complexity index is 674. The first-order chi connectivity index (χ1) is 10.1. The minimum absolute atomic E-state index is 0.135. The highest BCUT2D eigenvalue weighted by atomic mass is 16.2. The van der Waals surface area contributed by atoms with Crippen molar-refractivity contribution in [2.75, 3.05) is 6.54 Å². The first kappa shape index (κ1) is 14.1. The molecular formula is C17H23N3O. The lowest BCUT2D eigenvalue weighted by Crippen LogP contribution is -2.42. The summed E-state index contributed by atoms with van der Waals surface area (Å²) in [6, 6.07) is 4.40. The third-order valence-electron chi connectivity index (χ3n) is 4.46. The number of pyridine rings is 1. The number of nitrogens with zero attached hydrogens (tertiary/aromatic N) is 3. The number of carbonyl (C=O) groups excluding carboxylic acids is 1. The van der Waals surface area contributed by atoms with Crippen molar-refractivity contribution in [3.8, 4) is 0 Å². The standard InChI is InChI=1S/C17H23N3O/c1-4-14-16(17(21)19-9-6-5-7-13(19)3)20-10-8-12(2)11-15(20)18-14/h8,10-11,13H,4-7,9H2,1-3H3. The van der Waals surface area contributed by atoms with E-state index in [2.05, 4.69) is 25.8 Å². The van der Waals surface area contributed by atoms with Crippen LogP contribution in [0.25, 0.3) is 5.65 Å². The first-order valence-electron chi connectivity index (χ1n) is 7.90. The van der Waals surface area contributed by atoms with Crippen LogP contribution >= 0.6 is 0 Å². The van der Waals surface area contributed by atoms with Gasteiger partial charge in [-0.2, -0.15) is 0 Å². The van der Waals surface area contributed by atoms with Gasteiger partial charge in [-0.05, 0) is 57.2 Å². The molecule has 1 amide bonds. The zero-order chi connectivity index (χ0) is 15.0. The van der Waals surface area contributed by atoms with Gasteiger partial charge >= 0.3 is 0 Å². The maximum atomic E-state index is 13.0. The van der Waals surface area contributed by atoms with E-state index in [0.717, 1.165) is 42.8 Å². The Hall–Kier alpha value is -1.84. The van der Waals surface area contributed by atoms with Gasteiger partial charge in [0.25, 0.3) is 5.91 Å². The molecule has 1 aliphatic heterocycles. The zero-order valence-corrected chi connectivity index (χ0v) is 13.1. The highest BCUT2D eigenvalue weighted by molar-refractivity contribution is 5.95. The predicted octanol–water partition coefficient (Wildman–Crippen LogP) is 3.22. The van der Waals surface area contributed by atoms with Gasteiger partial charge in [0.1, 0.15) is 11.3 Å². The van der Waals surface area contributed by atoms with Crippen molar-refractivity contribution in [1.82, 2.24) is 14.3 Å². The molecule has 112 valence electrons. The lowest BCUT2D eigenvalue weighted by atomic mass is 10.0. The number of aromatic nitrogens is 2. The average molecular weight is 285 g/mol. The molecule has 1 saturated heterocycles. The SMILES string of the molecule is CCc1nc2cc(C)ccn2c1C(=O)N1CCCCC1C. The number of rotatable bonds is 2. The molecule has 3 rings (SSSR count). The lowest BCUT2D eigenvalue weighted by Gasteiger charge is -2.33. The van der Waals surface area contributed by atoms with Gasteiger partial charge in [-0.1, -0.05) is 6.92 Å². The van der Waals surface area contributed by atoms with Gasteiger partial charge in [0.05, 0.1) is 5.69 Å². The fourth-order valence-electron chi connectivity index (χ4n) is 3.20. The molecule has 1 fully saturated rings. The normalized spacial score (nSPS) is 19.2. The minimum Gasteiger partial charge on any atom is -0.335 e. The molecule has 0 radical (unpaired) electrons. The lowest BCUT2D eigenvalue weighted by molar-refractivity contribution is 0.0627. The number of aryl methyl sites for hydroxylation is 2. The molecule has 0 N–H and O–H groups in total. The second-order valence-electron chi connectivity index (χ2n) is 6.04. The van der Waals surface area contributed by atoms with Gasteiger partial charge in [0, 0.05) is 18.8 Å². The molecule has 0 bridgehead atoms. The maximum absolute atomic E-state index is 13.0. The Morgan fingerprint density at radius 1 is 1.43 bits per heavy atom. The predicted molar refractivity (Wildman–Crippen MR) is 83.7 cm³/mol. The number of amides is 1. The molecule has 0 aromatic carbocycles. The Balaban J connectivity index is 2.07. The van der Waals surface area contributed by atoms with E-state index in [1.807, 2.05) is 27.6 Å². The van der Waals surface area contributed by atoms with Gasteiger partial charge < -0.3 is 4.90 Å². The van der Waals surface area contributed by atoms with Crippen molar-refractivity contribution < 1.29 is 4.79 Å². The van der Waals surface area contributed by atoms with Crippen LogP contribution in [0.15, 0.2) is 18.3 Å². The quantitative estimate of drug-likeness (QED) is 0.849. The number of hydrogen-bond donors (Lipinski definition) is 0. The molecular weight excluding hydrogens is 262 g/mol. The molecule has 1 unspecified atom stereocenters. The third kappa shape index (κ3) is 2.43. The molecule has 0 spiro atoms. The monoisotopic (exact) mass is 285 g/mol. The Morgan fingerprint density at radius 3 is 2.95 bits per heavy atom. The van der Waals surface area contributed by atoms with Crippen LogP contribution in [0.3, 0.4) is 0 Å². The second-order valence-corrected chi connectivity index (χ2v) is 6.04. The van der Waals surface area contributed by atoms with Crippen molar-refractivity contribution in [1.29, 1.82) is 0 Å². The summed E-state index contributed by atoms with van der Waals surface area (Å²) >= 11 is 0. The second kappa shape index (κ2) is 5.51. The highest BCUT2D eigenvalue weighted by Crippen LogP contribution is 2.22. The van der Waals surface area contributed by atoms with E-state index in [-0.39, 0.29) is 5.91 Å². The van der Waals surface area contributed by atoms with Crippen molar-refractivity contribution in [2.24, 2.45) is 0 Å². The van der Waals surface area contributed by atoms with Crippen LogP contribution in [0, 0.1) is 6.92 Å². The van der Waals surface area contributed by atoms with Crippen molar-refractivity contribution >= 4 is 11.6 Å². The van der Waals surface area contributed by atoms with Crippen LogP contribution in [-0.4, -0.2) is 32.8 Å². The molecule has 0 saturated carbocycles. The van der Waals surface area contributed by atoms with Crippen molar-refractivity contribution in [3.63, 3.8) is 0 Å². The van der Waals surface area contributed by atoms with Crippen LogP contribution in [0.1, 0.15) is 54.9 Å². The van der Waals surface area contributed by atoms with Gasteiger partial charge in [-0.15, -0.1) is 0 Å². The fourth-order valence-corrected chi connectivity index (χ4v) is 3.20. The van der Waals surface area contributed by atoms with Crippen LogP contribution in [0.5, 0.6) is 0 Å². The summed E-state index contributed by atoms with van der Waals surface area (Å²) in [5.74, 6) is 0.135. The van der Waals surface area contributed by atoms with Crippen LogP contribution in [-0.2, 0) is 6.42 Å². The van der Waals surface area contributed by atoms with E-state index >= 15 is 0 Å². The van der Waals surface area contributed by atoms with E-state index in [1.54, 1.807) is 0 Å². The summed E-state index contributed by atoms with van der Waals surface area (Å²) in [4.78, 5) is 19.7. The first-order valence-corrected chi connectivity index (χ1v) is 7.90. The molecule has 21 heavy (non-hydrogen) atoms. The number of fused-ring (bicyclic) bond motifs is 1. The number of likely N-dealkylation sites (tertiary alicyclic amines) is 1. The summed E-state index contributed by atoms with van der Waals surface area (Å²) in [5, 5.41) is 0. The number of carbonyl (C=O) groups is 1. The molecule has 4 nitrogen and oxygen atoms in total. The van der Waals surface area contributed by atoms with Crippen molar-refractivity contribution in [2.45, 2.75) is 52.5 Å². The largest absolute Gasteiger partial charge is 0.335 e. The van der Waals surface area contributed by atoms with Crippen LogP contribution in [0.2, 0.25) is 0 Å². The van der Waals surface area contributed by atoms with Crippen molar-refractivity contribution in [3.05, 3.63) is 35.3 Å². The van der Waals surface area contributed by atoms with E-state index in [9.17, 15) is 4.79 Å². The van der Waals surface area contributed by atoms with Gasteiger partial charge in [-0.25, -0.2) is 4.98 Å². The molecule has 3 heterocycles. The van der Waals surface area contributed by atoms with Gasteiger partial charge in [0.2, 0.25) is 0 Å². The molecule has 1 atom stereocenters. The summed E-state index contributed by atoms with van der Waals surface area (Å²) in [6.07, 6.45) is 6.18.